The van der Waals surface area contributed by atoms with E-state index >= 15 is 0 Å². The van der Waals surface area contributed by atoms with Crippen LogP contribution in [0.15, 0.2) is 54.7 Å². The fraction of sp³-hybridized carbons (Fsp3) is 0.0556. The third-order valence-corrected chi connectivity index (χ3v) is 3.90. The Morgan fingerprint density at radius 2 is 1.69 bits per heavy atom. The van der Waals surface area contributed by atoms with Crippen molar-refractivity contribution in [1.82, 2.24) is 20.1 Å². The van der Waals surface area contributed by atoms with Crippen molar-refractivity contribution in [2.24, 2.45) is 0 Å². The van der Waals surface area contributed by atoms with Crippen molar-refractivity contribution in [3.05, 3.63) is 77.1 Å². The van der Waals surface area contributed by atoms with E-state index in [2.05, 4.69) is 10.3 Å². The molecule has 8 heteroatoms. The zero-order valence-electron chi connectivity index (χ0n) is 13.6. The van der Waals surface area contributed by atoms with E-state index in [1.165, 1.54) is 23.0 Å². The average molecular weight is 348 g/mol. The number of fused-ring (bicyclic) bond motifs is 1. The number of carbonyl (C=O) groups is 3. The summed E-state index contributed by atoms with van der Waals surface area (Å²) in [5.41, 5.74) is 2.00. The van der Waals surface area contributed by atoms with E-state index in [-0.39, 0.29) is 16.8 Å². The number of aryl methyl sites for hydroxylation is 1. The third-order valence-electron chi connectivity index (χ3n) is 3.90. The quantitative estimate of drug-likeness (QED) is 0.672. The minimum Gasteiger partial charge on any atom is -0.322 e. The summed E-state index contributed by atoms with van der Waals surface area (Å²) in [6.45, 7) is 1.93. The van der Waals surface area contributed by atoms with Crippen LogP contribution >= 0.6 is 0 Å². The van der Waals surface area contributed by atoms with Crippen LogP contribution in [0.1, 0.15) is 36.8 Å². The summed E-state index contributed by atoms with van der Waals surface area (Å²) >= 11 is 0. The Bertz CT molecular complexity index is 1020. The molecule has 1 aliphatic heterocycles. The van der Waals surface area contributed by atoms with Crippen LogP contribution in [-0.4, -0.2) is 37.8 Å². The maximum Gasteiger partial charge on any atom is 0.385 e. The molecular formula is C18H12N4O4. The number of nitrogens with zero attached hydrogens (tertiary/aromatic N) is 4. The molecule has 0 saturated carbocycles. The van der Waals surface area contributed by atoms with Gasteiger partial charge in [0, 0.05) is 0 Å². The second kappa shape index (κ2) is 5.92. The molecule has 0 aliphatic carbocycles. The molecule has 0 atom stereocenters. The highest BCUT2D eigenvalue weighted by molar-refractivity contribution is 6.21. The van der Waals surface area contributed by atoms with Crippen molar-refractivity contribution in [2.75, 3.05) is 0 Å². The maximum atomic E-state index is 12.3. The molecule has 128 valence electrons. The SMILES string of the molecule is Cc1cccc(-n2cc(C(=O)ON3C(=O)c4ccccc4C3=O)nn2)c1. The highest BCUT2D eigenvalue weighted by Gasteiger charge is 2.39. The van der Waals surface area contributed by atoms with E-state index in [1.54, 1.807) is 18.2 Å². The van der Waals surface area contributed by atoms with E-state index in [9.17, 15) is 14.4 Å². The minimum atomic E-state index is -0.946. The number of hydrogen-bond donors (Lipinski definition) is 0. The smallest absolute Gasteiger partial charge is 0.322 e. The van der Waals surface area contributed by atoms with Crippen molar-refractivity contribution >= 4 is 17.8 Å². The van der Waals surface area contributed by atoms with Crippen molar-refractivity contribution in [1.29, 1.82) is 0 Å². The van der Waals surface area contributed by atoms with E-state index in [1.807, 2.05) is 25.1 Å². The lowest BCUT2D eigenvalue weighted by atomic mass is 10.1. The number of hydroxylamine groups is 2. The number of benzene rings is 2. The highest BCUT2D eigenvalue weighted by atomic mass is 16.7. The molecule has 0 N–H and O–H groups in total. The second-order valence-corrected chi connectivity index (χ2v) is 5.72. The van der Waals surface area contributed by atoms with Crippen molar-refractivity contribution in [3.8, 4) is 5.69 Å². The summed E-state index contributed by atoms with van der Waals surface area (Å²) < 4.78 is 1.41. The largest absolute Gasteiger partial charge is 0.385 e. The van der Waals surface area contributed by atoms with Crippen LogP contribution in [-0.2, 0) is 4.84 Å². The van der Waals surface area contributed by atoms with Gasteiger partial charge in [-0.25, -0.2) is 9.48 Å². The molecule has 2 aromatic carbocycles. The topological polar surface area (TPSA) is 94.4 Å². The lowest BCUT2D eigenvalue weighted by molar-refractivity contribution is -0.0588. The summed E-state index contributed by atoms with van der Waals surface area (Å²) in [5, 5.41) is 8.07. The van der Waals surface area contributed by atoms with E-state index < -0.39 is 17.8 Å². The Morgan fingerprint density at radius 1 is 1.00 bits per heavy atom. The first kappa shape index (κ1) is 15.7. The number of hydrogen-bond acceptors (Lipinski definition) is 6. The molecule has 0 fully saturated rings. The predicted molar refractivity (Wildman–Crippen MR) is 88.5 cm³/mol. The fourth-order valence-corrected chi connectivity index (χ4v) is 2.63. The normalized spacial score (nSPS) is 13.0. The molecule has 1 aromatic heterocycles. The Morgan fingerprint density at radius 3 is 2.35 bits per heavy atom. The van der Waals surface area contributed by atoms with Crippen LogP contribution in [0, 0.1) is 6.92 Å². The Balaban J connectivity index is 1.55. The number of amides is 2. The first-order valence-electron chi connectivity index (χ1n) is 7.74. The van der Waals surface area contributed by atoms with Crippen LogP contribution in [0.5, 0.6) is 0 Å². The first-order valence-corrected chi connectivity index (χ1v) is 7.74. The van der Waals surface area contributed by atoms with Gasteiger partial charge in [0.05, 0.1) is 23.0 Å². The van der Waals surface area contributed by atoms with E-state index in [0.29, 0.717) is 5.06 Å². The Labute approximate surface area is 147 Å². The third kappa shape index (κ3) is 2.53. The van der Waals surface area contributed by atoms with Gasteiger partial charge in [0.2, 0.25) is 0 Å². The van der Waals surface area contributed by atoms with Crippen LogP contribution in [0.25, 0.3) is 5.69 Å². The summed E-state index contributed by atoms with van der Waals surface area (Å²) in [6, 6.07) is 13.7. The van der Waals surface area contributed by atoms with Crippen molar-refractivity contribution in [2.45, 2.75) is 6.92 Å². The molecule has 0 bridgehead atoms. The number of imide groups is 1. The standard InChI is InChI=1S/C18H12N4O4/c1-11-5-4-6-12(9-11)21-10-15(19-20-21)18(25)26-22-16(23)13-7-2-3-8-14(13)17(22)24/h2-10H,1H3. The molecule has 0 radical (unpaired) electrons. The molecule has 0 spiro atoms. The average Bonchev–Trinajstić information content (AvgIpc) is 3.22. The van der Waals surface area contributed by atoms with Crippen LogP contribution in [0.3, 0.4) is 0 Å². The molecule has 0 saturated heterocycles. The molecular weight excluding hydrogens is 336 g/mol. The van der Waals surface area contributed by atoms with E-state index in [4.69, 9.17) is 4.84 Å². The van der Waals surface area contributed by atoms with Gasteiger partial charge < -0.3 is 4.84 Å². The molecule has 0 unspecified atom stereocenters. The zero-order chi connectivity index (χ0) is 18.3. The Hall–Kier alpha value is -3.81. The van der Waals surface area contributed by atoms with Crippen LogP contribution in [0.4, 0.5) is 0 Å². The van der Waals surface area contributed by atoms with Gasteiger partial charge in [-0.2, -0.15) is 0 Å². The number of aromatic nitrogens is 3. The molecule has 1 aliphatic rings. The predicted octanol–water partition coefficient (Wildman–Crippen LogP) is 1.94. The highest BCUT2D eigenvalue weighted by Crippen LogP contribution is 2.23. The number of carbonyl (C=O) groups excluding carboxylic acids is 3. The molecule has 8 nitrogen and oxygen atoms in total. The fourth-order valence-electron chi connectivity index (χ4n) is 2.63. The van der Waals surface area contributed by atoms with Gasteiger partial charge in [0.15, 0.2) is 5.69 Å². The van der Waals surface area contributed by atoms with E-state index in [0.717, 1.165) is 11.3 Å². The number of rotatable bonds is 3. The van der Waals surface area contributed by atoms with Crippen molar-refractivity contribution < 1.29 is 19.2 Å². The summed E-state index contributed by atoms with van der Waals surface area (Å²) in [6.07, 6.45) is 1.37. The van der Waals surface area contributed by atoms with Gasteiger partial charge in [-0.1, -0.05) is 34.5 Å². The van der Waals surface area contributed by atoms with Gasteiger partial charge in [0.25, 0.3) is 11.8 Å². The Kier molecular flexibility index (Phi) is 3.58. The van der Waals surface area contributed by atoms with Crippen LogP contribution in [0.2, 0.25) is 0 Å². The van der Waals surface area contributed by atoms with Crippen LogP contribution < -0.4 is 0 Å². The van der Waals surface area contributed by atoms with Gasteiger partial charge in [0.1, 0.15) is 0 Å². The van der Waals surface area contributed by atoms with Gasteiger partial charge in [-0.3, -0.25) is 9.59 Å². The van der Waals surface area contributed by atoms with Gasteiger partial charge in [-0.15, -0.1) is 5.10 Å². The first-order chi connectivity index (χ1) is 12.5. The maximum absolute atomic E-state index is 12.3. The molecule has 3 aromatic rings. The lowest BCUT2D eigenvalue weighted by Gasteiger charge is -2.11. The van der Waals surface area contributed by atoms with Gasteiger partial charge in [-0.05, 0) is 36.8 Å². The minimum absolute atomic E-state index is 0.122. The molecule has 2 heterocycles. The lowest BCUT2D eigenvalue weighted by Crippen LogP contribution is -2.32. The molecule has 2 amide bonds. The summed E-state index contributed by atoms with van der Waals surface area (Å²) in [4.78, 5) is 41.7. The van der Waals surface area contributed by atoms with Gasteiger partial charge >= 0.3 is 5.97 Å². The zero-order valence-corrected chi connectivity index (χ0v) is 13.6. The van der Waals surface area contributed by atoms with Crippen molar-refractivity contribution in [3.63, 3.8) is 0 Å². The monoisotopic (exact) mass is 348 g/mol. The molecule has 4 rings (SSSR count). The summed E-state index contributed by atoms with van der Waals surface area (Å²) in [7, 11) is 0. The second-order valence-electron chi connectivity index (χ2n) is 5.72. The summed E-state index contributed by atoms with van der Waals surface area (Å²) in [5.74, 6) is -2.33. The molecule has 26 heavy (non-hydrogen) atoms.